The second-order valence-electron chi connectivity index (χ2n) is 4.59. The normalized spacial score (nSPS) is 25.8. The van der Waals surface area contributed by atoms with Gasteiger partial charge in [0.2, 0.25) is 0 Å². The molecule has 3 heteroatoms. The van der Waals surface area contributed by atoms with Gasteiger partial charge in [-0.2, -0.15) is 0 Å². The van der Waals surface area contributed by atoms with Crippen LogP contribution in [0.3, 0.4) is 0 Å². The number of hydrogen-bond acceptors (Lipinski definition) is 3. The number of benzene rings is 1. The van der Waals surface area contributed by atoms with E-state index in [0.717, 1.165) is 24.2 Å². The molecule has 3 unspecified atom stereocenters. The van der Waals surface area contributed by atoms with Gasteiger partial charge in [-0.1, -0.05) is 12.1 Å². The van der Waals surface area contributed by atoms with E-state index in [-0.39, 0.29) is 12.1 Å². The van der Waals surface area contributed by atoms with E-state index in [4.69, 9.17) is 15.2 Å². The Morgan fingerprint density at radius 3 is 2.94 bits per heavy atom. The molecule has 2 N–H and O–H groups in total. The maximum Gasteiger partial charge on any atom is 0.119 e. The quantitative estimate of drug-likeness (QED) is 0.872. The average molecular weight is 235 g/mol. The zero-order valence-electron chi connectivity index (χ0n) is 10.6. The zero-order chi connectivity index (χ0) is 12.3. The molecule has 0 radical (unpaired) electrons. The molecule has 3 atom stereocenters. The van der Waals surface area contributed by atoms with Crippen molar-refractivity contribution in [3.63, 3.8) is 0 Å². The van der Waals surface area contributed by atoms with Crippen molar-refractivity contribution in [2.24, 2.45) is 5.73 Å². The van der Waals surface area contributed by atoms with Gasteiger partial charge < -0.3 is 15.2 Å². The SMILES string of the molecule is CCOc1cccc(C(N)C2CCC(C)O2)c1. The summed E-state index contributed by atoms with van der Waals surface area (Å²) < 4.78 is 11.3. The van der Waals surface area contributed by atoms with E-state index in [2.05, 4.69) is 6.92 Å². The predicted octanol–water partition coefficient (Wildman–Crippen LogP) is 2.65. The number of hydrogen-bond donors (Lipinski definition) is 1. The van der Waals surface area contributed by atoms with E-state index in [1.54, 1.807) is 0 Å². The Labute approximate surface area is 103 Å². The van der Waals surface area contributed by atoms with Crippen molar-refractivity contribution < 1.29 is 9.47 Å². The molecule has 94 valence electrons. The minimum Gasteiger partial charge on any atom is -0.494 e. The standard InChI is InChI=1S/C14H21NO2/c1-3-16-12-6-4-5-11(9-12)14(15)13-8-7-10(2)17-13/h4-6,9-10,13-14H,3,7-8,15H2,1-2H3. The lowest BCUT2D eigenvalue weighted by Gasteiger charge is -2.20. The molecule has 0 amide bonds. The van der Waals surface area contributed by atoms with E-state index < -0.39 is 0 Å². The van der Waals surface area contributed by atoms with Crippen LogP contribution >= 0.6 is 0 Å². The van der Waals surface area contributed by atoms with Crippen molar-refractivity contribution in [2.45, 2.75) is 44.9 Å². The topological polar surface area (TPSA) is 44.5 Å². The molecule has 17 heavy (non-hydrogen) atoms. The minimum atomic E-state index is -0.0552. The second-order valence-corrected chi connectivity index (χ2v) is 4.59. The summed E-state index contributed by atoms with van der Waals surface area (Å²) >= 11 is 0. The highest BCUT2D eigenvalue weighted by Gasteiger charge is 2.28. The van der Waals surface area contributed by atoms with Gasteiger partial charge in [-0.15, -0.1) is 0 Å². The van der Waals surface area contributed by atoms with Crippen LogP contribution in [0, 0.1) is 0 Å². The van der Waals surface area contributed by atoms with Gasteiger partial charge in [0.25, 0.3) is 0 Å². The van der Waals surface area contributed by atoms with Crippen LogP contribution in [0.2, 0.25) is 0 Å². The highest BCUT2D eigenvalue weighted by molar-refractivity contribution is 5.31. The highest BCUT2D eigenvalue weighted by Crippen LogP contribution is 2.29. The highest BCUT2D eigenvalue weighted by atomic mass is 16.5. The Kier molecular flexibility index (Phi) is 4.02. The van der Waals surface area contributed by atoms with Gasteiger partial charge in [-0.25, -0.2) is 0 Å². The molecule has 1 heterocycles. The molecule has 0 aromatic heterocycles. The van der Waals surface area contributed by atoms with E-state index in [9.17, 15) is 0 Å². The third kappa shape index (κ3) is 2.99. The molecule has 1 aliphatic rings. The first kappa shape index (κ1) is 12.4. The van der Waals surface area contributed by atoms with E-state index in [1.807, 2.05) is 31.2 Å². The van der Waals surface area contributed by atoms with Crippen molar-refractivity contribution in [3.8, 4) is 5.75 Å². The van der Waals surface area contributed by atoms with Crippen molar-refractivity contribution in [3.05, 3.63) is 29.8 Å². The Morgan fingerprint density at radius 1 is 1.47 bits per heavy atom. The lowest BCUT2D eigenvalue weighted by molar-refractivity contribution is 0.0401. The Balaban J connectivity index is 2.07. The van der Waals surface area contributed by atoms with Gasteiger partial charge >= 0.3 is 0 Å². The van der Waals surface area contributed by atoms with Crippen molar-refractivity contribution >= 4 is 0 Å². The van der Waals surface area contributed by atoms with Gasteiger partial charge in [0.1, 0.15) is 5.75 Å². The van der Waals surface area contributed by atoms with Crippen LogP contribution in [0.4, 0.5) is 0 Å². The summed E-state index contributed by atoms with van der Waals surface area (Å²) in [6, 6.07) is 7.94. The van der Waals surface area contributed by atoms with E-state index in [0.29, 0.717) is 12.7 Å². The smallest absolute Gasteiger partial charge is 0.119 e. The number of rotatable bonds is 4. The Hall–Kier alpha value is -1.06. The number of nitrogens with two attached hydrogens (primary N) is 1. The first-order valence-electron chi connectivity index (χ1n) is 6.34. The van der Waals surface area contributed by atoms with Crippen LogP contribution in [0.1, 0.15) is 38.3 Å². The summed E-state index contributed by atoms with van der Waals surface area (Å²) in [5.41, 5.74) is 7.34. The summed E-state index contributed by atoms with van der Waals surface area (Å²) in [6.45, 7) is 4.76. The molecule has 0 spiro atoms. The van der Waals surface area contributed by atoms with Gasteiger partial charge in [-0.05, 0) is 44.4 Å². The minimum absolute atomic E-state index is 0.0552. The van der Waals surface area contributed by atoms with E-state index in [1.165, 1.54) is 0 Å². The van der Waals surface area contributed by atoms with Crippen LogP contribution in [-0.4, -0.2) is 18.8 Å². The van der Waals surface area contributed by atoms with Gasteiger partial charge in [0.15, 0.2) is 0 Å². The van der Waals surface area contributed by atoms with Gasteiger partial charge in [-0.3, -0.25) is 0 Å². The second kappa shape index (κ2) is 5.52. The third-order valence-electron chi connectivity index (χ3n) is 3.22. The molecule has 3 nitrogen and oxygen atoms in total. The predicted molar refractivity (Wildman–Crippen MR) is 68.1 cm³/mol. The van der Waals surface area contributed by atoms with Crippen LogP contribution < -0.4 is 10.5 Å². The fraction of sp³-hybridized carbons (Fsp3) is 0.571. The summed E-state index contributed by atoms with van der Waals surface area (Å²) in [5, 5.41) is 0. The largest absolute Gasteiger partial charge is 0.494 e. The average Bonchev–Trinajstić information content (AvgIpc) is 2.76. The van der Waals surface area contributed by atoms with Crippen LogP contribution in [0.15, 0.2) is 24.3 Å². The van der Waals surface area contributed by atoms with Gasteiger partial charge in [0, 0.05) is 0 Å². The molecule has 1 fully saturated rings. The number of ether oxygens (including phenoxy) is 2. The van der Waals surface area contributed by atoms with Gasteiger partial charge in [0.05, 0.1) is 24.9 Å². The van der Waals surface area contributed by atoms with Crippen LogP contribution in [-0.2, 0) is 4.74 Å². The maximum absolute atomic E-state index is 6.25. The fourth-order valence-electron chi connectivity index (χ4n) is 2.29. The van der Waals surface area contributed by atoms with Crippen LogP contribution in [0.25, 0.3) is 0 Å². The lowest BCUT2D eigenvalue weighted by Crippen LogP contribution is -2.26. The zero-order valence-corrected chi connectivity index (χ0v) is 10.6. The van der Waals surface area contributed by atoms with Crippen molar-refractivity contribution in [2.75, 3.05) is 6.61 Å². The summed E-state index contributed by atoms with van der Waals surface area (Å²) in [4.78, 5) is 0. The monoisotopic (exact) mass is 235 g/mol. The molecule has 1 aromatic carbocycles. The molecule has 0 aliphatic carbocycles. The Morgan fingerprint density at radius 2 is 2.29 bits per heavy atom. The van der Waals surface area contributed by atoms with Crippen molar-refractivity contribution in [1.82, 2.24) is 0 Å². The van der Waals surface area contributed by atoms with Crippen LogP contribution in [0.5, 0.6) is 5.75 Å². The molecule has 2 rings (SSSR count). The molecule has 0 bridgehead atoms. The summed E-state index contributed by atoms with van der Waals surface area (Å²) in [6.07, 6.45) is 2.62. The molecular weight excluding hydrogens is 214 g/mol. The molecular formula is C14H21NO2. The third-order valence-corrected chi connectivity index (χ3v) is 3.22. The molecule has 0 saturated carbocycles. The van der Waals surface area contributed by atoms with Crippen molar-refractivity contribution in [1.29, 1.82) is 0 Å². The summed E-state index contributed by atoms with van der Waals surface area (Å²) in [7, 11) is 0. The maximum atomic E-state index is 6.25. The van der Waals surface area contributed by atoms with E-state index >= 15 is 0 Å². The summed E-state index contributed by atoms with van der Waals surface area (Å²) in [5.74, 6) is 0.881. The fourth-order valence-corrected chi connectivity index (χ4v) is 2.29. The first-order chi connectivity index (χ1) is 8.20. The molecule has 1 aromatic rings. The molecule has 1 aliphatic heterocycles. The molecule has 1 saturated heterocycles. The lowest BCUT2D eigenvalue weighted by atomic mass is 10.00. The Bertz CT molecular complexity index is 367. The first-order valence-corrected chi connectivity index (χ1v) is 6.34.